The fourth-order valence-corrected chi connectivity index (χ4v) is 6.12. The Morgan fingerprint density at radius 2 is 1.44 bits per heavy atom. The van der Waals surface area contributed by atoms with E-state index in [2.05, 4.69) is 87.6 Å². The topological polar surface area (TPSA) is 18.5 Å². The highest BCUT2D eigenvalue weighted by molar-refractivity contribution is 6.74. The molecule has 4 heteroatoms. The fraction of sp³-hybridized carbons (Fsp3) is 0.657. The van der Waals surface area contributed by atoms with Crippen LogP contribution in [0.25, 0.3) is 0 Å². The first-order valence-electron chi connectivity index (χ1n) is 15.0. The van der Waals surface area contributed by atoms with Crippen molar-refractivity contribution in [3.8, 4) is 11.5 Å². The van der Waals surface area contributed by atoms with Gasteiger partial charge in [-0.15, -0.1) is 0 Å². The third kappa shape index (κ3) is 9.10. The molecular formula is C35H57FO2Si. The highest BCUT2D eigenvalue weighted by Crippen LogP contribution is 2.47. The third-order valence-electron chi connectivity index (χ3n) is 9.17. The Morgan fingerprint density at radius 1 is 0.897 bits per heavy atom. The van der Waals surface area contributed by atoms with Gasteiger partial charge in [-0.25, -0.2) is 4.39 Å². The summed E-state index contributed by atoms with van der Waals surface area (Å²) in [5.74, 6) is 2.19. The Hall–Kier alpha value is -1.81. The molecule has 39 heavy (non-hydrogen) atoms. The molecule has 0 N–H and O–H groups in total. The van der Waals surface area contributed by atoms with Gasteiger partial charge in [-0.3, -0.25) is 0 Å². The minimum absolute atomic E-state index is 0.142. The van der Waals surface area contributed by atoms with E-state index in [1.165, 1.54) is 33.4 Å². The predicted molar refractivity (Wildman–Crippen MR) is 171 cm³/mol. The summed E-state index contributed by atoms with van der Waals surface area (Å²) >= 11 is 0. The van der Waals surface area contributed by atoms with Crippen LogP contribution < -0.4 is 9.16 Å². The Labute approximate surface area is 241 Å². The van der Waals surface area contributed by atoms with Crippen molar-refractivity contribution in [2.24, 2.45) is 0 Å². The van der Waals surface area contributed by atoms with E-state index >= 15 is 0 Å². The minimum atomic E-state index is -1.93. The minimum Gasteiger partial charge on any atom is -0.543 e. The molecule has 1 heterocycles. The lowest BCUT2D eigenvalue weighted by Crippen LogP contribution is -2.44. The summed E-state index contributed by atoms with van der Waals surface area (Å²) in [5, 5.41) is 0.166. The van der Waals surface area contributed by atoms with Gasteiger partial charge in [0.2, 0.25) is 0 Å². The molecule has 1 unspecified atom stereocenters. The van der Waals surface area contributed by atoms with E-state index in [1.54, 1.807) is 0 Å². The molecule has 0 aliphatic carbocycles. The summed E-state index contributed by atoms with van der Waals surface area (Å²) in [6.07, 6.45) is 15.0. The van der Waals surface area contributed by atoms with Gasteiger partial charge in [0, 0.05) is 5.56 Å². The second-order valence-corrected chi connectivity index (χ2v) is 18.6. The summed E-state index contributed by atoms with van der Waals surface area (Å²) in [5.41, 5.74) is 8.61. The van der Waals surface area contributed by atoms with Gasteiger partial charge in [0.15, 0.2) is 0 Å². The molecule has 2 rings (SSSR count). The van der Waals surface area contributed by atoms with Crippen LogP contribution in [0.1, 0.15) is 116 Å². The fourth-order valence-electron chi connectivity index (χ4n) is 4.99. The Bertz CT molecular complexity index is 1090. The van der Waals surface area contributed by atoms with Crippen molar-refractivity contribution < 1.29 is 13.6 Å². The maximum atomic E-state index is 12.6. The number of hydrogen-bond acceptors (Lipinski definition) is 2. The molecule has 1 aliphatic rings. The van der Waals surface area contributed by atoms with E-state index in [1.807, 2.05) is 13.0 Å². The highest BCUT2D eigenvalue weighted by Gasteiger charge is 2.41. The lowest BCUT2D eigenvalue weighted by atomic mass is 9.85. The van der Waals surface area contributed by atoms with E-state index < -0.39 is 8.32 Å². The van der Waals surface area contributed by atoms with Crippen molar-refractivity contribution in [1.29, 1.82) is 0 Å². The zero-order chi connectivity index (χ0) is 29.6. The number of benzene rings is 1. The second kappa shape index (κ2) is 13.7. The molecule has 2 nitrogen and oxygen atoms in total. The highest BCUT2D eigenvalue weighted by atomic mass is 28.4. The van der Waals surface area contributed by atoms with Gasteiger partial charge in [0.05, 0.1) is 0 Å². The zero-order valence-corrected chi connectivity index (χ0v) is 28.3. The van der Waals surface area contributed by atoms with Gasteiger partial charge in [0.1, 0.15) is 23.8 Å². The molecule has 1 aromatic rings. The van der Waals surface area contributed by atoms with Crippen LogP contribution >= 0.6 is 0 Å². The lowest BCUT2D eigenvalue weighted by molar-refractivity contribution is 0.0559. The number of ether oxygens (including phenoxy) is 1. The van der Waals surface area contributed by atoms with Crippen LogP contribution in [0.4, 0.5) is 4.39 Å². The number of rotatable bonds is 12. The van der Waals surface area contributed by atoms with E-state index in [0.717, 1.165) is 68.4 Å². The summed E-state index contributed by atoms with van der Waals surface area (Å²) in [6, 6.07) is 0. The largest absolute Gasteiger partial charge is 0.543 e. The molecule has 1 aromatic carbocycles. The smallest absolute Gasteiger partial charge is 0.250 e. The van der Waals surface area contributed by atoms with Crippen LogP contribution in [0.2, 0.25) is 18.1 Å². The first kappa shape index (κ1) is 33.4. The van der Waals surface area contributed by atoms with Gasteiger partial charge in [-0.1, -0.05) is 50.1 Å². The third-order valence-corrected chi connectivity index (χ3v) is 13.5. The van der Waals surface area contributed by atoms with Crippen molar-refractivity contribution in [3.05, 3.63) is 57.2 Å². The normalized spacial score (nSPS) is 19.2. The molecule has 220 valence electrons. The molecule has 0 spiro atoms. The van der Waals surface area contributed by atoms with E-state index in [9.17, 15) is 4.39 Å². The number of alkyl halides is 1. The van der Waals surface area contributed by atoms with Gasteiger partial charge >= 0.3 is 0 Å². The summed E-state index contributed by atoms with van der Waals surface area (Å²) in [4.78, 5) is 0. The Kier molecular flexibility index (Phi) is 11.7. The van der Waals surface area contributed by atoms with Gasteiger partial charge in [0.25, 0.3) is 8.32 Å². The SMILES string of the molecule is CC(=CCC/C(C)=C/CC/C(C)=C/CCC1(C)CCc2c(C)c(O[Si](C)(C)C(C)(C)C)c(C)c(C)c2O1)CF. The van der Waals surface area contributed by atoms with E-state index in [0.29, 0.717) is 0 Å². The maximum Gasteiger partial charge on any atom is 0.250 e. The number of hydrogen-bond donors (Lipinski definition) is 0. The molecule has 0 radical (unpaired) electrons. The van der Waals surface area contributed by atoms with Crippen LogP contribution in [0.3, 0.4) is 0 Å². The molecular weight excluding hydrogens is 499 g/mol. The molecule has 0 bridgehead atoms. The standard InChI is InChI=1S/C35H57FO2Si/c1-25(18-14-19-27(3)24-36)16-13-17-26(2)20-15-22-35(10)23-21-31-30(6)32(28(4)29(5)33(31)37-35)38-39(11,12)34(7,8)9/h16,19-20H,13-15,17-18,21-24H2,1-12H3/b25-16+,26-20+,27-19?. The van der Waals surface area contributed by atoms with Crippen LogP contribution in [0, 0.1) is 20.8 Å². The lowest BCUT2D eigenvalue weighted by Gasteiger charge is -2.41. The first-order valence-corrected chi connectivity index (χ1v) is 18.0. The van der Waals surface area contributed by atoms with Gasteiger partial charge in [-0.2, -0.15) is 0 Å². The van der Waals surface area contributed by atoms with Gasteiger partial charge in [-0.05, 0) is 140 Å². The summed E-state index contributed by atoms with van der Waals surface area (Å²) < 4.78 is 26.2. The molecule has 1 atom stereocenters. The molecule has 0 fully saturated rings. The van der Waals surface area contributed by atoms with Gasteiger partial charge < -0.3 is 9.16 Å². The Morgan fingerprint density at radius 3 is 1.97 bits per heavy atom. The first-order chi connectivity index (χ1) is 18.0. The zero-order valence-electron chi connectivity index (χ0n) is 27.3. The molecule has 0 saturated heterocycles. The monoisotopic (exact) mass is 556 g/mol. The average molecular weight is 557 g/mol. The van der Waals surface area contributed by atoms with Crippen LogP contribution in [0.5, 0.6) is 11.5 Å². The molecule has 0 saturated carbocycles. The molecule has 0 aromatic heterocycles. The van der Waals surface area contributed by atoms with Crippen LogP contribution in [0.15, 0.2) is 34.9 Å². The van der Waals surface area contributed by atoms with Crippen LogP contribution in [-0.4, -0.2) is 20.6 Å². The quantitative estimate of drug-likeness (QED) is 0.188. The molecule has 0 amide bonds. The second-order valence-electron chi connectivity index (χ2n) is 13.8. The van der Waals surface area contributed by atoms with E-state index in [-0.39, 0.29) is 17.3 Å². The Balaban J connectivity index is 2.01. The van der Waals surface area contributed by atoms with Crippen molar-refractivity contribution in [3.63, 3.8) is 0 Å². The van der Waals surface area contributed by atoms with Crippen molar-refractivity contribution >= 4 is 8.32 Å². The van der Waals surface area contributed by atoms with E-state index in [4.69, 9.17) is 9.16 Å². The number of fused-ring (bicyclic) bond motifs is 1. The summed E-state index contributed by atoms with van der Waals surface area (Å²) in [7, 11) is -1.93. The van der Waals surface area contributed by atoms with Crippen molar-refractivity contribution in [1.82, 2.24) is 0 Å². The molecule has 1 aliphatic heterocycles. The predicted octanol–water partition coefficient (Wildman–Crippen LogP) is 11.2. The number of allylic oxidation sites excluding steroid dienone is 6. The van der Waals surface area contributed by atoms with Crippen molar-refractivity contribution in [2.75, 3.05) is 6.67 Å². The summed E-state index contributed by atoms with van der Waals surface area (Å²) in [6.45, 7) is 26.4. The van der Waals surface area contributed by atoms with Crippen molar-refractivity contribution in [2.45, 2.75) is 144 Å². The maximum absolute atomic E-state index is 12.6. The number of halogens is 1. The van der Waals surface area contributed by atoms with Crippen LogP contribution in [-0.2, 0) is 6.42 Å². The average Bonchev–Trinajstić information content (AvgIpc) is 2.84.